The average Bonchev–Trinajstić information content (AvgIpc) is 3.00. The quantitative estimate of drug-likeness (QED) is 0.762. The first kappa shape index (κ1) is 11.6. The second-order valence-corrected chi connectivity index (χ2v) is 4.94. The highest BCUT2D eigenvalue weighted by molar-refractivity contribution is 4.96. The minimum atomic E-state index is 0.662. The Morgan fingerprint density at radius 2 is 2.38 bits per heavy atom. The summed E-state index contributed by atoms with van der Waals surface area (Å²) in [7, 11) is 0. The van der Waals surface area contributed by atoms with Gasteiger partial charge in [0.05, 0.1) is 11.9 Å². The highest BCUT2D eigenvalue weighted by Crippen LogP contribution is 2.19. The van der Waals surface area contributed by atoms with Crippen molar-refractivity contribution in [2.24, 2.45) is 5.92 Å². The number of hydrogen-bond donors (Lipinski definition) is 1. The van der Waals surface area contributed by atoms with Crippen molar-refractivity contribution in [3.8, 4) is 0 Å². The summed E-state index contributed by atoms with van der Waals surface area (Å²) >= 11 is 0. The van der Waals surface area contributed by atoms with Crippen LogP contribution in [0, 0.1) is 5.92 Å². The maximum absolute atomic E-state index is 4.11. The Morgan fingerprint density at radius 1 is 1.56 bits per heavy atom. The summed E-state index contributed by atoms with van der Waals surface area (Å²) in [6.07, 6.45) is 6.82. The molecule has 0 amide bonds. The maximum atomic E-state index is 4.11. The molecule has 1 aliphatic rings. The number of rotatable bonds is 7. The lowest BCUT2D eigenvalue weighted by Crippen LogP contribution is -2.25. The second-order valence-electron chi connectivity index (χ2n) is 4.94. The van der Waals surface area contributed by atoms with E-state index >= 15 is 0 Å². The third-order valence-corrected chi connectivity index (χ3v) is 3.02. The molecular weight excluding hydrogens is 200 g/mol. The summed E-state index contributed by atoms with van der Waals surface area (Å²) in [5, 5.41) is 11.7. The summed E-state index contributed by atoms with van der Waals surface area (Å²) in [5.74, 6) is 0.662. The number of aryl methyl sites for hydroxylation is 1. The van der Waals surface area contributed by atoms with Crippen molar-refractivity contribution >= 4 is 0 Å². The molecule has 0 aromatic carbocycles. The van der Waals surface area contributed by atoms with E-state index in [2.05, 4.69) is 29.5 Å². The fraction of sp³-hybridized carbons (Fsp3) is 0.833. The molecule has 2 rings (SSSR count). The third-order valence-electron chi connectivity index (χ3n) is 3.02. The van der Waals surface area contributed by atoms with Gasteiger partial charge in [-0.25, -0.2) is 4.68 Å². The van der Waals surface area contributed by atoms with Gasteiger partial charge in [0.25, 0.3) is 0 Å². The van der Waals surface area contributed by atoms with E-state index in [1.54, 1.807) is 0 Å². The van der Waals surface area contributed by atoms with Crippen LogP contribution in [0.25, 0.3) is 0 Å². The van der Waals surface area contributed by atoms with E-state index in [1.165, 1.54) is 18.5 Å². The van der Waals surface area contributed by atoms with Gasteiger partial charge in [-0.1, -0.05) is 19.1 Å². The lowest BCUT2D eigenvalue weighted by atomic mass is 10.1. The summed E-state index contributed by atoms with van der Waals surface area (Å²) in [6, 6.07) is 0.807. The summed E-state index contributed by atoms with van der Waals surface area (Å²) < 4.78 is 2.04. The van der Waals surface area contributed by atoms with E-state index in [-0.39, 0.29) is 0 Å². The highest BCUT2D eigenvalue weighted by atomic mass is 15.4. The van der Waals surface area contributed by atoms with E-state index in [4.69, 9.17) is 0 Å². The number of hydrogen-bond acceptors (Lipinski definition) is 3. The standard InChI is InChI=1S/C12H22N4/c1-3-6-16-12(9-14-15-16)7-10(2)8-13-11-4-5-11/h9-11,13H,3-8H2,1-2H3. The summed E-state index contributed by atoms with van der Waals surface area (Å²) in [4.78, 5) is 0. The molecule has 1 atom stereocenters. The van der Waals surface area contributed by atoms with Crippen molar-refractivity contribution in [1.82, 2.24) is 20.3 Å². The molecule has 4 heteroatoms. The topological polar surface area (TPSA) is 42.7 Å². The molecule has 4 nitrogen and oxygen atoms in total. The molecule has 0 aliphatic heterocycles. The van der Waals surface area contributed by atoms with E-state index in [1.807, 2.05) is 10.9 Å². The van der Waals surface area contributed by atoms with Crippen LogP contribution in [0.2, 0.25) is 0 Å². The Kier molecular flexibility index (Phi) is 3.93. The van der Waals surface area contributed by atoms with Crippen molar-refractivity contribution in [3.63, 3.8) is 0 Å². The molecule has 0 radical (unpaired) electrons. The number of nitrogens with zero attached hydrogens (tertiary/aromatic N) is 3. The lowest BCUT2D eigenvalue weighted by molar-refractivity contribution is 0.477. The first-order valence-corrected chi connectivity index (χ1v) is 6.40. The van der Waals surface area contributed by atoms with Crippen LogP contribution in [-0.4, -0.2) is 27.6 Å². The van der Waals surface area contributed by atoms with Crippen molar-refractivity contribution < 1.29 is 0 Å². The number of aromatic nitrogens is 3. The molecular formula is C12H22N4. The Morgan fingerprint density at radius 3 is 3.06 bits per heavy atom. The summed E-state index contributed by atoms with van der Waals surface area (Å²) in [6.45, 7) is 6.56. The fourth-order valence-electron chi connectivity index (χ4n) is 1.92. The van der Waals surface area contributed by atoms with E-state index in [0.29, 0.717) is 5.92 Å². The molecule has 1 heterocycles. The van der Waals surface area contributed by atoms with Gasteiger partial charge < -0.3 is 5.32 Å². The average molecular weight is 222 g/mol. The van der Waals surface area contributed by atoms with Crippen LogP contribution in [0.15, 0.2) is 6.20 Å². The lowest BCUT2D eigenvalue weighted by Gasteiger charge is -2.12. The molecule has 1 aliphatic carbocycles. The normalized spacial score (nSPS) is 17.6. The molecule has 90 valence electrons. The van der Waals surface area contributed by atoms with Crippen molar-refractivity contribution in [2.75, 3.05) is 6.54 Å². The van der Waals surface area contributed by atoms with Crippen molar-refractivity contribution in [1.29, 1.82) is 0 Å². The van der Waals surface area contributed by atoms with Gasteiger partial charge >= 0.3 is 0 Å². The van der Waals surface area contributed by atoms with Crippen LogP contribution >= 0.6 is 0 Å². The zero-order valence-electron chi connectivity index (χ0n) is 10.3. The monoisotopic (exact) mass is 222 g/mol. The molecule has 1 aromatic heterocycles. The molecule has 1 fully saturated rings. The van der Waals surface area contributed by atoms with Gasteiger partial charge in [0.1, 0.15) is 0 Å². The highest BCUT2D eigenvalue weighted by Gasteiger charge is 2.21. The van der Waals surface area contributed by atoms with Crippen LogP contribution in [0.5, 0.6) is 0 Å². The fourth-order valence-corrected chi connectivity index (χ4v) is 1.92. The van der Waals surface area contributed by atoms with E-state index < -0.39 is 0 Å². The molecule has 0 bridgehead atoms. The minimum Gasteiger partial charge on any atom is -0.314 e. The molecule has 1 unspecified atom stereocenters. The van der Waals surface area contributed by atoms with Crippen molar-refractivity contribution in [3.05, 3.63) is 11.9 Å². The van der Waals surface area contributed by atoms with Crippen LogP contribution < -0.4 is 5.32 Å². The van der Waals surface area contributed by atoms with Gasteiger partial charge in [0.15, 0.2) is 0 Å². The largest absolute Gasteiger partial charge is 0.314 e. The van der Waals surface area contributed by atoms with Crippen molar-refractivity contribution in [2.45, 2.75) is 52.1 Å². The Bertz CT molecular complexity index is 317. The van der Waals surface area contributed by atoms with Gasteiger partial charge in [-0.05, 0) is 38.1 Å². The number of nitrogens with one attached hydrogen (secondary N) is 1. The van der Waals surface area contributed by atoms with Gasteiger partial charge in [-0.3, -0.25) is 0 Å². The first-order chi connectivity index (χ1) is 7.79. The molecule has 0 spiro atoms. The maximum Gasteiger partial charge on any atom is 0.0725 e. The van der Waals surface area contributed by atoms with Crippen LogP contribution in [0.4, 0.5) is 0 Å². The Hall–Kier alpha value is -0.900. The van der Waals surface area contributed by atoms with Crippen LogP contribution in [0.1, 0.15) is 38.8 Å². The van der Waals surface area contributed by atoms with Crippen LogP contribution in [-0.2, 0) is 13.0 Å². The molecule has 16 heavy (non-hydrogen) atoms. The van der Waals surface area contributed by atoms with Gasteiger partial charge in [-0.2, -0.15) is 0 Å². The van der Waals surface area contributed by atoms with E-state index in [0.717, 1.165) is 32.0 Å². The summed E-state index contributed by atoms with van der Waals surface area (Å²) in [5.41, 5.74) is 1.27. The minimum absolute atomic E-state index is 0.662. The van der Waals surface area contributed by atoms with Gasteiger partial charge in [0.2, 0.25) is 0 Å². The van der Waals surface area contributed by atoms with E-state index in [9.17, 15) is 0 Å². The third kappa shape index (κ3) is 3.30. The Labute approximate surface area is 97.4 Å². The van der Waals surface area contributed by atoms with Crippen LogP contribution in [0.3, 0.4) is 0 Å². The van der Waals surface area contributed by atoms with Gasteiger partial charge in [0, 0.05) is 12.6 Å². The zero-order valence-corrected chi connectivity index (χ0v) is 10.3. The Balaban J connectivity index is 1.79. The van der Waals surface area contributed by atoms with Gasteiger partial charge in [-0.15, -0.1) is 5.10 Å². The SMILES string of the molecule is CCCn1nncc1CC(C)CNC1CC1. The predicted molar refractivity (Wildman–Crippen MR) is 64.2 cm³/mol. The second kappa shape index (κ2) is 5.43. The molecule has 1 saturated carbocycles. The molecule has 1 N–H and O–H groups in total. The first-order valence-electron chi connectivity index (χ1n) is 6.40. The molecule has 0 saturated heterocycles. The molecule has 1 aromatic rings. The smallest absolute Gasteiger partial charge is 0.0725 e. The predicted octanol–water partition coefficient (Wildman–Crippen LogP) is 1.62. The zero-order chi connectivity index (χ0) is 11.4.